The van der Waals surface area contributed by atoms with E-state index < -0.39 is 0 Å². The summed E-state index contributed by atoms with van der Waals surface area (Å²) in [4.78, 5) is 21.0. The molecule has 0 radical (unpaired) electrons. The standard InChI is InChI=1S/C14H20ClN7O/c1-10-16-12(18-17-10)9-21-4-3-5-22(7-6-21)14(23)13-11(15)8-20(2)19-13/h8H,3-7,9H2,1-2H3,(H,16,17,18). The molecule has 1 fully saturated rings. The minimum atomic E-state index is -0.105. The Kier molecular flexibility index (Phi) is 4.63. The van der Waals surface area contributed by atoms with Crippen molar-refractivity contribution in [1.82, 2.24) is 34.8 Å². The van der Waals surface area contributed by atoms with Crippen molar-refractivity contribution >= 4 is 17.5 Å². The van der Waals surface area contributed by atoms with Crippen LogP contribution in [0.1, 0.15) is 28.6 Å². The molecule has 0 bridgehead atoms. The highest BCUT2D eigenvalue weighted by molar-refractivity contribution is 6.33. The van der Waals surface area contributed by atoms with E-state index in [0.29, 0.717) is 30.4 Å². The molecular formula is C14H20ClN7O. The molecule has 8 nitrogen and oxygen atoms in total. The summed E-state index contributed by atoms with van der Waals surface area (Å²) < 4.78 is 1.56. The number of nitrogens with zero attached hydrogens (tertiary/aromatic N) is 6. The van der Waals surface area contributed by atoms with Crippen LogP contribution in [-0.2, 0) is 13.6 Å². The van der Waals surface area contributed by atoms with Gasteiger partial charge in [-0.3, -0.25) is 19.5 Å². The van der Waals surface area contributed by atoms with E-state index in [1.54, 1.807) is 17.9 Å². The molecule has 1 N–H and O–H groups in total. The first-order chi connectivity index (χ1) is 11.0. The van der Waals surface area contributed by atoms with Crippen molar-refractivity contribution in [2.45, 2.75) is 19.9 Å². The SMILES string of the molecule is Cc1nc(CN2CCCN(C(=O)c3nn(C)cc3Cl)CC2)n[nH]1. The predicted octanol–water partition coefficient (Wildman–Crippen LogP) is 0.848. The smallest absolute Gasteiger partial charge is 0.275 e. The molecule has 0 aromatic carbocycles. The van der Waals surface area contributed by atoms with Crippen LogP contribution in [0.2, 0.25) is 5.02 Å². The molecule has 0 unspecified atom stereocenters. The van der Waals surface area contributed by atoms with E-state index in [4.69, 9.17) is 11.6 Å². The average molecular weight is 338 g/mol. The molecule has 1 amide bonds. The largest absolute Gasteiger partial charge is 0.336 e. The van der Waals surface area contributed by atoms with Gasteiger partial charge in [-0.05, 0) is 13.3 Å². The molecule has 0 atom stereocenters. The number of carbonyl (C=O) groups excluding carboxylic acids is 1. The predicted molar refractivity (Wildman–Crippen MR) is 85.1 cm³/mol. The lowest BCUT2D eigenvalue weighted by atomic mass is 10.3. The van der Waals surface area contributed by atoms with Gasteiger partial charge in [-0.2, -0.15) is 10.2 Å². The topological polar surface area (TPSA) is 82.9 Å². The van der Waals surface area contributed by atoms with E-state index in [1.807, 2.05) is 11.8 Å². The first-order valence-electron chi connectivity index (χ1n) is 7.61. The van der Waals surface area contributed by atoms with Crippen molar-refractivity contribution in [3.05, 3.63) is 28.6 Å². The third-order valence-corrected chi connectivity index (χ3v) is 4.15. The molecule has 3 heterocycles. The number of nitrogens with one attached hydrogen (secondary N) is 1. The average Bonchev–Trinajstić information content (AvgIpc) is 2.96. The van der Waals surface area contributed by atoms with E-state index in [9.17, 15) is 4.79 Å². The highest BCUT2D eigenvalue weighted by Crippen LogP contribution is 2.17. The molecular weight excluding hydrogens is 318 g/mol. The van der Waals surface area contributed by atoms with Crippen LogP contribution in [0.3, 0.4) is 0 Å². The van der Waals surface area contributed by atoms with Crippen molar-refractivity contribution < 1.29 is 4.79 Å². The van der Waals surface area contributed by atoms with Gasteiger partial charge in [0.1, 0.15) is 5.82 Å². The number of hydrogen-bond donors (Lipinski definition) is 1. The molecule has 3 rings (SSSR count). The zero-order valence-electron chi connectivity index (χ0n) is 13.3. The van der Waals surface area contributed by atoms with Crippen molar-refractivity contribution in [3.8, 4) is 0 Å². The van der Waals surface area contributed by atoms with Gasteiger partial charge in [0.25, 0.3) is 5.91 Å². The van der Waals surface area contributed by atoms with Crippen LogP contribution < -0.4 is 0 Å². The third-order valence-electron chi connectivity index (χ3n) is 3.87. The van der Waals surface area contributed by atoms with Crippen molar-refractivity contribution in [1.29, 1.82) is 0 Å². The summed E-state index contributed by atoms with van der Waals surface area (Å²) >= 11 is 6.08. The molecule has 1 saturated heterocycles. The van der Waals surface area contributed by atoms with Crippen LogP contribution in [0, 0.1) is 6.92 Å². The Balaban J connectivity index is 1.62. The zero-order valence-corrected chi connectivity index (χ0v) is 14.0. The molecule has 1 aliphatic rings. The summed E-state index contributed by atoms with van der Waals surface area (Å²) in [6.45, 7) is 5.62. The summed E-state index contributed by atoms with van der Waals surface area (Å²) in [7, 11) is 1.76. The van der Waals surface area contributed by atoms with Crippen LogP contribution in [0.25, 0.3) is 0 Å². The molecule has 2 aromatic heterocycles. The van der Waals surface area contributed by atoms with Crippen molar-refractivity contribution in [2.24, 2.45) is 7.05 Å². The molecule has 1 aliphatic heterocycles. The highest BCUT2D eigenvalue weighted by Gasteiger charge is 2.24. The van der Waals surface area contributed by atoms with E-state index in [1.165, 1.54) is 0 Å². The van der Waals surface area contributed by atoms with E-state index in [-0.39, 0.29) is 5.91 Å². The van der Waals surface area contributed by atoms with Crippen LogP contribution in [0.15, 0.2) is 6.20 Å². The fourth-order valence-corrected chi connectivity index (χ4v) is 3.01. The van der Waals surface area contributed by atoms with Crippen molar-refractivity contribution in [2.75, 3.05) is 26.2 Å². The summed E-state index contributed by atoms with van der Waals surface area (Å²) in [5.74, 6) is 1.50. The minimum absolute atomic E-state index is 0.105. The second-order valence-corrected chi connectivity index (χ2v) is 6.17. The monoisotopic (exact) mass is 337 g/mol. The first-order valence-corrected chi connectivity index (χ1v) is 7.99. The first kappa shape index (κ1) is 15.9. The molecule has 2 aromatic rings. The van der Waals surface area contributed by atoms with E-state index in [2.05, 4.69) is 25.2 Å². The fraction of sp³-hybridized carbons (Fsp3) is 0.571. The van der Waals surface area contributed by atoms with Gasteiger partial charge in [0.2, 0.25) is 0 Å². The third kappa shape index (κ3) is 3.70. The Morgan fingerprint density at radius 3 is 2.83 bits per heavy atom. The maximum absolute atomic E-state index is 12.6. The minimum Gasteiger partial charge on any atom is -0.336 e. The van der Waals surface area contributed by atoms with Crippen LogP contribution in [0.5, 0.6) is 0 Å². The highest BCUT2D eigenvalue weighted by atomic mass is 35.5. The number of amides is 1. The summed E-state index contributed by atoms with van der Waals surface area (Å²) in [5.41, 5.74) is 0.326. The quantitative estimate of drug-likeness (QED) is 0.897. The normalized spacial score (nSPS) is 16.6. The van der Waals surface area contributed by atoms with Gasteiger partial charge in [-0.1, -0.05) is 11.6 Å². The maximum Gasteiger partial charge on any atom is 0.275 e. The number of halogens is 1. The van der Waals surface area contributed by atoms with Crippen LogP contribution in [-0.4, -0.2) is 66.8 Å². The zero-order chi connectivity index (χ0) is 16.4. The summed E-state index contributed by atoms with van der Waals surface area (Å²) in [6.07, 6.45) is 2.55. The number of aromatic nitrogens is 5. The Morgan fingerprint density at radius 2 is 2.17 bits per heavy atom. The Labute approximate surface area is 139 Å². The van der Waals surface area contributed by atoms with E-state index in [0.717, 1.165) is 31.2 Å². The lowest BCUT2D eigenvalue weighted by Gasteiger charge is -2.20. The number of carbonyl (C=O) groups is 1. The van der Waals surface area contributed by atoms with Gasteiger partial charge in [0, 0.05) is 39.4 Å². The molecule has 9 heteroatoms. The molecule has 23 heavy (non-hydrogen) atoms. The van der Waals surface area contributed by atoms with Crippen LogP contribution in [0.4, 0.5) is 0 Å². The number of aromatic amines is 1. The Bertz CT molecular complexity index is 695. The van der Waals surface area contributed by atoms with Gasteiger partial charge in [0.15, 0.2) is 11.5 Å². The Hall–Kier alpha value is -1.93. The fourth-order valence-electron chi connectivity index (χ4n) is 2.75. The number of rotatable bonds is 3. The number of hydrogen-bond acceptors (Lipinski definition) is 5. The second-order valence-electron chi connectivity index (χ2n) is 5.76. The Morgan fingerprint density at radius 1 is 1.35 bits per heavy atom. The lowest BCUT2D eigenvalue weighted by molar-refractivity contribution is 0.0754. The van der Waals surface area contributed by atoms with Gasteiger partial charge in [-0.25, -0.2) is 4.98 Å². The number of aryl methyl sites for hydroxylation is 2. The molecule has 0 saturated carbocycles. The van der Waals surface area contributed by atoms with Gasteiger partial charge in [0.05, 0.1) is 11.6 Å². The number of H-pyrrole nitrogens is 1. The second kappa shape index (κ2) is 6.67. The molecule has 124 valence electrons. The maximum atomic E-state index is 12.6. The molecule has 0 spiro atoms. The molecule has 0 aliphatic carbocycles. The van der Waals surface area contributed by atoms with E-state index >= 15 is 0 Å². The van der Waals surface area contributed by atoms with Gasteiger partial charge >= 0.3 is 0 Å². The van der Waals surface area contributed by atoms with Gasteiger partial charge < -0.3 is 4.90 Å². The summed E-state index contributed by atoms with van der Waals surface area (Å²) in [5, 5.41) is 11.6. The van der Waals surface area contributed by atoms with Gasteiger partial charge in [-0.15, -0.1) is 0 Å². The summed E-state index contributed by atoms with van der Waals surface area (Å²) in [6, 6.07) is 0. The van der Waals surface area contributed by atoms with Crippen molar-refractivity contribution in [3.63, 3.8) is 0 Å². The lowest BCUT2D eigenvalue weighted by Crippen LogP contribution is -2.35. The van der Waals surface area contributed by atoms with Crippen LogP contribution >= 0.6 is 11.6 Å².